The molecule has 29 heavy (non-hydrogen) atoms. The predicted molar refractivity (Wildman–Crippen MR) is 111 cm³/mol. The van der Waals surface area contributed by atoms with Gasteiger partial charge < -0.3 is 4.42 Å². The summed E-state index contributed by atoms with van der Waals surface area (Å²) in [7, 11) is 0. The minimum atomic E-state index is -0.356. The van der Waals surface area contributed by atoms with Crippen molar-refractivity contribution >= 4 is 17.4 Å². The topological polar surface area (TPSA) is 87.0 Å². The maximum absolute atomic E-state index is 11.3. The van der Waals surface area contributed by atoms with Crippen LogP contribution < -0.4 is 0 Å². The smallest absolute Gasteiger partial charge is 0.273 e. The van der Waals surface area contributed by atoms with E-state index >= 15 is 0 Å². The highest BCUT2D eigenvalue weighted by Gasteiger charge is 2.19. The molecule has 0 spiro atoms. The van der Waals surface area contributed by atoms with Gasteiger partial charge in [0.25, 0.3) is 5.69 Å². The van der Waals surface area contributed by atoms with Crippen LogP contribution in [0.2, 0.25) is 0 Å². The fraction of sp³-hybridized carbons (Fsp3) is 0.143. The van der Waals surface area contributed by atoms with Gasteiger partial charge in [0, 0.05) is 17.4 Å². The Kier molecular flexibility index (Phi) is 5.44. The molecular weight excluding hydrogens is 388 g/mol. The van der Waals surface area contributed by atoms with Crippen molar-refractivity contribution in [2.45, 2.75) is 24.4 Å². The van der Waals surface area contributed by atoms with E-state index in [0.717, 1.165) is 16.9 Å². The summed E-state index contributed by atoms with van der Waals surface area (Å²) >= 11 is 1.43. The Morgan fingerprint density at radius 2 is 1.83 bits per heavy atom. The van der Waals surface area contributed by atoms with Crippen molar-refractivity contribution in [3.05, 3.63) is 93.9 Å². The molecule has 0 saturated carbocycles. The van der Waals surface area contributed by atoms with Crippen molar-refractivity contribution in [1.82, 2.24) is 14.8 Å². The number of hydrogen-bond donors (Lipinski definition) is 0. The number of nitro groups is 1. The lowest BCUT2D eigenvalue weighted by Gasteiger charge is -2.10. The minimum absolute atomic E-state index is 0.111. The van der Waals surface area contributed by atoms with Crippen LogP contribution in [0.15, 0.2) is 76.5 Å². The Morgan fingerprint density at radius 3 is 2.55 bits per heavy atom. The fourth-order valence-electron chi connectivity index (χ4n) is 3.07. The highest BCUT2D eigenvalue weighted by Crippen LogP contribution is 2.31. The standard InChI is InChI=1S/C21H18N4O3S/c1-15-18(11-12-28-15)20-22-23-21(24(20)13-16-7-3-2-4-8-16)29-14-17-9-5-6-10-19(17)25(26)27/h2-12H,13-14H2,1H3. The molecule has 2 aromatic heterocycles. The first-order chi connectivity index (χ1) is 14.1. The largest absolute Gasteiger partial charge is 0.469 e. The van der Waals surface area contributed by atoms with E-state index in [2.05, 4.69) is 10.2 Å². The summed E-state index contributed by atoms with van der Waals surface area (Å²) in [4.78, 5) is 10.9. The number of rotatable bonds is 7. The molecule has 0 fully saturated rings. The molecule has 8 heteroatoms. The lowest BCUT2D eigenvalue weighted by atomic mass is 10.2. The second kappa shape index (κ2) is 8.32. The monoisotopic (exact) mass is 406 g/mol. The zero-order valence-corrected chi connectivity index (χ0v) is 16.5. The van der Waals surface area contributed by atoms with Gasteiger partial charge in [0.15, 0.2) is 11.0 Å². The summed E-state index contributed by atoms with van der Waals surface area (Å²) in [5, 5.41) is 20.7. The number of thioether (sulfide) groups is 1. The van der Waals surface area contributed by atoms with Gasteiger partial charge in [-0.3, -0.25) is 14.7 Å². The molecule has 0 aliphatic heterocycles. The molecule has 0 radical (unpaired) electrons. The van der Waals surface area contributed by atoms with Gasteiger partial charge >= 0.3 is 0 Å². The molecule has 0 amide bonds. The Balaban J connectivity index is 1.67. The Bertz CT molecular complexity index is 1140. The third-order valence-electron chi connectivity index (χ3n) is 4.55. The molecular formula is C21H18N4O3S. The summed E-state index contributed by atoms with van der Waals surface area (Å²) in [5.74, 6) is 1.90. The van der Waals surface area contributed by atoms with Crippen molar-refractivity contribution < 1.29 is 9.34 Å². The highest BCUT2D eigenvalue weighted by atomic mass is 32.2. The molecule has 0 unspecified atom stereocenters. The molecule has 0 atom stereocenters. The normalized spacial score (nSPS) is 10.9. The lowest BCUT2D eigenvalue weighted by Crippen LogP contribution is -2.04. The first-order valence-corrected chi connectivity index (χ1v) is 9.98. The molecule has 0 saturated heterocycles. The van der Waals surface area contributed by atoms with Crippen LogP contribution in [0.25, 0.3) is 11.4 Å². The molecule has 2 heterocycles. The van der Waals surface area contributed by atoms with Crippen LogP contribution in [0.4, 0.5) is 5.69 Å². The SMILES string of the molecule is Cc1occc1-c1nnc(SCc2ccccc2[N+](=O)[O-])n1Cc1ccccc1. The second-order valence-electron chi connectivity index (χ2n) is 6.44. The Morgan fingerprint density at radius 1 is 1.07 bits per heavy atom. The van der Waals surface area contributed by atoms with Gasteiger partial charge in [-0.1, -0.05) is 60.3 Å². The van der Waals surface area contributed by atoms with E-state index in [9.17, 15) is 10.1 Å². The molecule has 0 aliphatic rings. The van der Waals surface area contributed by atoms with Crippen LogP contribution in [0, 0.1) is 17.0 Å². The number of benzene rings is 2. The number of nitro benzene ring substituents is 1. The average Bonchev–Trinajstić information content (AvgIpc) is 3.33. The summed E-state index contributed by atoms with van der Waals surface area (Å²) in [6.07, 6.45) is 1.63. The fourth-order valence-corrected chi connectivity index (χ4v) is 4.01. The first-order valence-electron chi connectivity index (χ1n) is 9.00. The van der Waals surface area contributed by atoms with Gasteiger partial charge in [-0.05, 0) is 18.6 Å². The molecule has 0 bridgehead atoms. The van der Waals surface area contributed by atoms with Crippen molar-refractivity contribution in [3.63, 3.8) is 0 Å². The maximum Gasteiger partial charge on any atom is 0.273 e. The Labute approximate surface area is 171 Å². The van der Waals surface area contributed by atoms with Gasteiger partial charge in [-0.2, -0.15) is 0 Å². The molecule has 7 nitrogen and oxygen atoms in total. The number of aryl methyl sites for hydroxylation is 1. The van der Waals surface area contributed by atoms with Crippen LogP contribution in [0.5, 0.6) is 0 Å². The van der Waals surface area contributed by atoms with Gasteiger partial charge in [0.1, 0.15) is 5.76 Å². The summed E-state index contributed by atoms with van der Waals surface area (Å²) in [6, 6.07) is 18.7. The number of nitrogens with zero attached hydrogens (tertiary/aromatic N) is 4. The van der Waals surface area contributed by atoms with E-state index in [1.54, 1.807) is 24.5 Å². The van der Waals surface area contributed by atoms with E-state index in [1.807, 2.05) is 47.9 Å². The van der Waals surface area contributed by atoms with Crippen molar-refractivity contribution in [2.75, 3.05) is 0 Å². The van der Waals surface area contributed by atoms with Gasteiger partial charge in [0.05, 0.1) is 23.3 Å². The van der Waals surface area contributed by atoms with Crippen LogP contribution in [0.1, 0.15) is 16.9 Å². The van der Waals surface area contributed by atoms with Crippen molar-refractivity contribution in [2.24, 2.45) is 0 Å². The Hall–Kier alpha value is -3.39. The highest BCUT2D eigenvalue weighted by molar-refractivity contribution is 7.98. The minimum Gasteiger partial charge on any atom is -0.469 e. The van der Waals surface area contributed by atoms with E-state index in [-0.39, 0.29) is 10.6 Å². The zero-order chi connectivity index (χ0) is 20.2. The third kappa shape index (κ3) is 4.07. The second-order valence-corrected chi connectivity index (χ2v) is 7.39. The van der Waals surface area contributed by atoms with E-state index < -0.39 is 0 Å². The average molecular weight is 406 g/mol. The van der Waals surface area contributed by atoms with Gasteiger partial charge in [-0.15, -0.1) is 10.2 Å². The molecule has 146 valence electrons. The zero-order valence-electron chi connectivity index (χ0n) is 15.7. The van der Waals surface area contributed by atoms with Crippen LogP contribution in [0.3, 0.4) is 0 Å². The van der Waals surface area contributed by atoms with E-state index in [1.165, 1.54) is 17.8 Å². The third-order valence-corrected chi connectivity index (χ3v) is 5.56. The van der Waals surface area contributed by atoms with E-state index in [4.69, 9.17) is 4.42 Å². The van der Waals surface area contributed by atoms with Crippen LogP contribution in [-0.4, -0.2) is 19.7 Å². The quantitative estimate of drug-likeness (QED) is 0.241. The maximum atomic E-state index is 11.3. The molecule has 0 N–H and O–H groups in total. The number of para-hydroxylation sites is 1. The first kappa shape index (κ1) is 18.9. The molecule has 0 aliphatic carbocycles. The van der Waals surface area contributed by atoms with Crippen LogP contribution >= 0.6 is 11.8 Å². The van der Waals surface area contributed by atoms with Crippen molar-refractivity contribution in [3.8, 4) is 11.4 Å². The number of furan rings is 1. The van der Waals surface area contributed by atoms with E-state index in [0.29, 0.717) is 28.8 Å². The predicted octanol–water partition coefficient (Wildman–Crippen LogP) is 5.10. The molecule has 4 rings (SSSR count). The number of hydrogen-bond acceptors (Lipinski definition) is 6. The van der Waals surface area contributed by atoms with Gasteiger partial charge in [0.2, 0.25) is 0 Å². The molecule has 4 aromatic rings. The molecule has 2 aromatic carbocycles. The van der Waals surface area contributed by atoms with Crippen molar-refractivity contribution in [1.29, 1.82) is 0 Å². The van der Waals surface area contributed by atoms with Gasteiger partial charge in [-0.25, -0.2) is 0 Å². The number of aromatic nitrogens is 3. The lowest BCUT2D eigenvalue weighted by molar-refractivity contribution is -0.385. The summed E-state index contributed by atoms with van der Waals surface area (Å²) < 4.78 is 7.46. The van der Waals surface area contributed by atoms with Crippen LogP contribution in [-0.2, 0) is 12.3 Å². The summed E-state index contributed by atoms with van der Waals surface area (Å²) in [6.45, 7) is 2.48. The summed E-state index contributed by atoms with van der Waals surface area (Å²) in [5.41, 5.74) is 2.76.